The minimum absolute atomic E-state index is 0.171. The van der Waals surface area contributed by atoms with Crippen molar-refractivity contribution in [2.75, 3.05) is 14.1 Å². The van der Waals surface area contributed by atoms with Gasteiger partial charge < -0.3 is 9.64 Å². The van der Waals surface area contributed by atoms with Crippen molar-refractivity contribution in [1.82, 2.24) is 4.90 Å². The van der Waals surface area contributed by atoms with Gasteiger partial charge in [0.05, 0.1) is 0 Å². The van der Waals surface area contributed by atoms with E-state index in [9.17, 15) is 0 Å². The van der Waals surface area contributed by atoms with Gasteiger partial charge in [-0.3, -0.25) is 5.41 Å². The molecule has 0 spiro atoms. The largest absolute Gasteiger partial charge is 0.453 e. The number of rotatable bonds is 5. The third kappa shape index (κ3) is 4.62. The van der Waals surface area contributed by atoms with E-state index in [-0.39, 0.29) is 12.1 Å². The van der Waals surface area contributed by atoms with Gasteiger partial charge in [-0.05, 0) is 18.1 Å². The molecule has 0 fully saturated rings. The van der Waals surface area contributed by atoms with E-state index in [2.05, 4.69) is 13.0 Å². The first kappa shape index (κ1) is 14.3. The maximum Gasteiger partial charge on any atom is 0.284 e. The molecule has 3 nitrogen and oxygen atoms in total. The van der Waals surface area contributed by atoms with Gasteiger partial charge in [0, 0.05) is 14.1 Å². The average Bonchev–Trinajstić information content (AvgIpc) is 2.38. The zero-order valence-corrected chi connectivity index (χ0v) is 11.4. The number of amidine groups is 1. The molecule has 18 heavy (non-hydrogen) atoms. The number of hydrogen-bond acceptors (Lipinski definition) is 2. The Morgan fingerprint density at radius 1 is 1.33 bits per heavy atom. The highest BCUT2D eigenvalue weighted by Crippen LogP contribution is 2.19. The molecule has 0 saturated heterocycles. The molecule has 1 rings (SSSR count). The predicted molar refractivity (Wildman–Crippen MR) is 75.7 cm³/mol. The van der Waals surface area contributed by atoms with Gasteiger partial charge in [0.2, 0.25) is 0 Å². The molecule has 0 aliphatic carbocycles. The van der Waals surface area contributed by atoms with Crippen LogP contribution in [0.1, 0.15) is 31.4 Å². The van der Waals surface area contributed by atoms with Crippen LogP contribution in [0, 0.1) is 5.41 Å². The number of nitrogens with zero attached hydrogens (tertiary/aromatic N) is 1. The van der Waals surface area contributed by atoms with Gasteiger partial charge in [-0.15, -0.1) is 0 Å². The van der Waals surface area contributed by atoms with Crippen LogP contribution in [0.4, 0.5) is 0 Å². The second-order valence-corrected chi connectivity index (χ2v) is 4.37. The van der Waals surface area contributed by atoms with Crippen LogP contribution in [0.5, 0.6) is 0 Å². The van der Waals surface area contributed by atoms with E-state index < -0.39 is 0 Å². The van der Waals surface area contributed by atoms with Crippen molar-refractivity contribution in [3.63, 3.8) is 0 Å². The lowest BCUT2D eigenvalue weighted by molar-refractivity contribution is 0.200. The predicted octanol–water partition coefficient (Wildman–Crippen LogP) is 3.60. The summed E-state index contributed by atoms with van der Waals surface area (Å²) in [5.74, 6) is 0. The Balaban J connectivity index is 2.79. The topological polar surface area (TPSA) is 36.3 Å². The highest BCUT2D eigenvalue weighted by molar-refractivity contribution is 5.70. The molecule has 1 aromatic rings. The lowest BCUT2D eigenvalue weighted by Gasteiger charge is -2.20. The molecule has 0 amide bonds. The van der Waals surface area contributed by atoms with Crippen molar-refractivity contribution in [3.8, 4) is 0 Å². The van der Waals surface area contributed by atoms with Crippen LogP contribution in [0.15, 0.2) is 42.5 Å². The highest BCUT2D eigenvalue weighted by atomic mass is 16.5. The van der Waals surface area contributed by atoms with E-state index in [0.29, 0.717) is 0 Å². The Morgan fingerprint density at radius 2 is 2.00 bits per heavy atom. The molecule has 0 heterocycles. The standard InChI is InChI=1S/C15H22N2O/c1-4-5-7-12-14(18-15(16)17(2)3)13-10-8-6-9-11-13/h6-12,14,16H,4-5H2,1-3H3/b12-7+,16-15?. The first-order chi connectivity index (χ1) is 8.65. The summed E-state index contributed by atoms with van der Waals surface area (Å²) in [5.41, 5.74) is 1.07. The van der Waals surface area contributed by atoms with Crippen molar-refractivity contribution in [2.24, 2.45) is 0 Å². The second kappa shape index (κ2) is 7.54. The Hall–Kier alpha value is -1.77. The molecular formula is C15H22N2O. The van der Waals surface area contributed by atoms with E-state index in [0.717, 1.165) is 18.4 Å². The first-order valence-electron chi connectivity index (χ1n) is 6.29. The van der Waals surface area contributed by atoms with E-state index >= 15 is 0 Å². The van der Waals surface area contributed by atoms with Crippen LogP contribution in [0.25, 0.3) is 0 Å². The molecule has 1 unspecified atom stereocenters. The molecule has 0 saturated carbocycles. The maximum absolute atomic E-state index is 7.77. The summed E-state index contributed by atoms with van der Waals surface area (Å²) < 4.78 is 5.67. The van der Waals surface area contributed by atoms with Crippen LogP contribution in [-0.4, -0.2) is 25.0 Å². The number of hydrogen-bond donors (Lipinski definition) is 1. The SMILES string of the molecule is CCC/C=C/C(OC(=N)N(C)C)c1ccccc1. The lowest BCUT2D eigenvalue weighted by Crippen LogP contribution is -2.25. The van der Waals surface area contributed by atoms with Crippen LogP contribution in [0.3, 0.4) is 0 Å². The van der Waals surface area contributed by atoms with Crippen molar-refractivity contribution < 1.29 is 4.74 Å². The minimum atomic E-state index is -0.187. The molecule has 1 N–H and O–H groups in total. The van der Waals surface area contributed by atoms with Gasteiger partial charge in [0.25, 0.3) is 6.02 Å². The van der Waals surface area contributed by atoms with Gasteiger partial charge >= 0.3 is 0 Å². The summed E-state index contributed by atoms with van der Waals surface area (Å²) in [4.78, 5) is 1.66. The monoisotopic (exact) mass is 246 g/mol. The molecule has 0 bridgehead atoms. The summed E-state index contributed by atoms with van der Waals surface area (Å²) in [6.45, 7) is 2.14. The Labute approximate surface area is 110 Å². The van der Waals surface area contributed by atoms with E-state index in [1.807, 2.05) is 36.4 Å². The van der Waals surface area contributed by atoms with Crippen molar-refractivity contribution in [3.05, 3.63) is 48.0 Å². The van der Waals surface area contributed by atoms with Crippen molar-refractivity contribution in [1.29, 1.82) is 5.41 Å². The summed E-state index contributed by atoms with van der Waals surface area (Å²) >= 11 is 0. The first-order valence-corrected chi connectivity index (χ1v) is 6.29. The number of allylic oxidation sites excluding steroid dienone is 1. The normalized spacial score (nSPS) is 12.4. The van der Waals surface area contributed by atoms with Gasteiger partial charge in [0.15, 0.2) is 0 Å². The molecular weight excluding hydrogens is 224 g/mol. The summed E-state index contributed by atoms with van der Waals surface area (Å²) in [6, 6.07) is 10.2. The van der Waals surface area contributed by atoms with Crippen LogP contribution >= 0.6 is 0 Å². The molecule has 0 radical (unpaired) electrons. The molecule has 0 aromatic heterocycles. The van der Waals surface area contributed by atoms with Crippen molar-refractivity contribution >= 4 is 6.02 Å². The molecule has 98 valence electrons. The zero-order valence-electron chi connectivity index (χ0n) is 11.4. The van der Waals surface area contributed by atoms with Gasteiger partial charge in [0.1, 0.15) is 6.10 Å². The molecule has 3 heteroatoms. The summed E-state index contributed by atoms with van der Waals surface area (Å²) in [7, 11) is 3.61. The smallest absolute Gasteiger partial charge is 0.284 e. The van der Waals surface area contributed by atoms with Crippen LogP contribution in [-0.2, 0) is 4.74 Å². The third-order valence-corrected chi connectivity index (χ3v) is 2.54. The summed E-state index contributed by atoms with van der Waals surface area (Å²) in [5, 5.41) is 7.77. The molecule has 1 atom stereocenters. The Kier molecular flexibility index (Phi) is 5.98. The fourth-order valence-corrected chi connectivity index (χ4v) is 1.47. The fourth-order valence-electron chi connectivity index (χ4n) is 1.47. The summed E-state index contributed by atoms with van der Waals surface area (Å²) in [6.07, 6.45) is 6.09. The number of unbranched alkanes of at least 4 members (excludes halogenated alkanes) is 1. The van der Waals surface area contributed by atoms with Gasteiger partial charge in [-0.1, -0.05) is 49.8 Å². The van der Waals surface area contributed by atoms with E-state index in [1.165, 1.54) is 0 Å². The van der Waals surface area contributed by atoms with E-state index in [1.54, 1.807) is 19.0 Å². The van der Waals surface area contributed by atoms with Crippen LogP contribution in [0.2, 0.25) is 0 Å². The quantitative estimate of drug-likeness (QED) is 0.489. The second-order valence-electron chi connectivity index (χ2n) is 4.37. The number of ether oxygens (including phenoxy) is 1. The maximum atomic E-state index is 7.77. The Morgan fingerprint density at radius 3 is 2.56 bits per heavy atom. The van der Waals surface area contributed by atoms with E-state index in [4.69, 9.17) is 10.1 Å². The van der Waals surface area contributed by atoms with Crippen molar-refractivity contribution in [2.45, 2.75) is 25.9 Å². The molecule has 0 aliphatic rings. The third-order valence-electron chi connectivity index (χ3n) is 2.54. The Bertz CT molecular complexity index is 385. The fraction of sp³-hybridized carbons (Fsp3) is 0.400. The van der Waals surface area contributed by atoms with Crippen LogP contribution < -0.4 is 0 Å². The highest BCUT2D eigenvalue weighted by Gasteiger charge is 2.12. The average molecular weight is 246 g/mol. The zero-order chi connectivity index (χ0) is 13.4. The minimum Gasteiger partial charge on any atom is -0.453 e. The molecule has 1 aromatic carbocycles. The lowest BCUT2D eigenvalue weighted by atomic mass is 10.1. The number of benzene rings is 1. The van der Waals surface area contributed by atoms with Gasteiger partial charge in [-0.2, -0.15) is 0 Å². The van der Waals surface area contributed by atoms with Gasteiger partial charge in [-0.25, -0.2) is 0 Å². The molecule has 0 aliphatic heterocycles. The number of nitrogens with one attached hydrogen (secondary N) is 1.